The van der Waals surface area contributed by atoms with Gasteiger partial charge in [0.05, 0.1) is 24.2 Å². The molecule has 2 rings (SSSR count). The number of aromatic nitrogens is 2. The van der Waals surface area contributed by atoms with Crippen molar-refractivity contribution in [3.8, 4) is 5.75 Å². The van der Waals surface area contributed by atoms with Crippen LogP contribution in [-0.2, 0) is 16.6 Å². The van der Waals surface area contributed by atoms with Gasteiger partial charge in [-0.25, -0.2) is 13.1 Å². The molecular formula is C15H21N3O3S. The fraction of sp³-hybridized carbons (Fsp3) is 0.400. The molecule has 0 fully saturated rings. The number of ether oxygens (including phenoxy) is 1. The normalized spacial score (nSPS) is 11.6. The van der Waals surface area contributed by atoms with Gasteiger partial charge in [0.1, 0.15) is 5.75 Å². The van der Waals surface area contributed by atoms with Gasteiger partial charge in [-0.3, -0.25) is 4.68 Å². The Bertz CT molecular complexity index is 749. The van der Waals surface area contributed by atoms with Gasteiger partial charge in [-0.2, -0.15) is 5.10 Å². The molecule has 2 aromatic rings. The number of hydrogen-bond donors (Lipinski definition) is 1. The van der Waals surface area contributed by atoms with Crippen LogP contribution < -0.4 is 9.46 Å². The van der Waals surface area contributed by atoms with Crippen molar-refractivity contribution in [2.75, 3.05) is 13.7 Å². The summed E-state index contributed by atoms with van der Waals surface area (Å²) >= 11 is 0. The number of aryl methyl sites for hydroxylation is 1. The van der Waals surface area contributed by atoms with Crippen molar-refractivity contribution in [3.05, 3.63) is 41.2 Å². The van der Waals surface area contributed by atoms with Gasteiger partial charge in [0.15, 0.2) is 0 Å². The van der Waals surface area contributed by atoms with Crippen molar-refractivity contribution in [1.82, 2.24) is 14.5 Å². The summed E-state index contributed by atoms with van der Waals surface area (Å²) in [5.41, 5.74) is 3.16. The van der Waals surface area contributed by atoms with E-state index in [1.807, 2.05) is 25.5 Å². The molecule has 0 aliphatic carbocycles. The first kappa shape index (κ1) is 16.5. The van der Waals surface area contributed by atoms with E-state index in [2.05, 4.69) is 9.82 Å². The zero-order valence-electron chi connectivity index (χ0n) is 13.3. The van der Waals surface area contributed by atoms with Crippen LogP contribution in [0.25, 0.3) is 0 Å². The molecule has 0 aliphatic rings. The Labute approximate surface area is 131 Å². The highest BCUT2D eigenvalue weighted by Crippen LogP contribution is 2.15. The van der Waals surface area contributed by atoms with E-state index in [1.54, 1.807) is 12.1 Å². The average Bonchev–Trinajstić information content (AvgIpc) is 2.74. The van der Waals surface area contributed by atoms with Crippen molar-refractivity contribution in [2.24, 2.45) is 0 Å². The number of methoxy groups -OCH3 is 1. The maximum Gasteiger partial charge on any atom is 0.240 e. The Morgan fingerprint density at radius 2 is 1.82 bits per heavy atom. The number of nitrogens with zero attached hydrogens (tertiary/aromatic N) is 2. The fourth-order valence-corrected chi connectivity index (χ4v) is 3.15. The Balaban J connectivity index is 2.01. The Morgan fingerprint density at radius 3 is 2.32 bits per heavy atom. The summed E-state index contributed by atoms with van der Waals surface area (Å²) in [7, 11) is -1.98. The minimum absolute atomic E-state index is 0.220. The van der Waals surface area contributed by atoms with Crippen LogP contribution in [0.1, 0.15) is 17.0 Å². The molecule has 0 saturated heterocycles. The minimum Gasteiger partial charge on any atom is -0.497 e. The molecule has 6 nitrogen and oxygen atoms in total. The second-order valence-corrected chi connectivity index (χ2v) is 6.86. The van der Waals surface area contributed by atoms with Crippen LogP contribution in [0, 0.1) is 20.8 Å². The lowest BCUT2D eigenvalue weighted by molar-refractivity contribution is 0.414. The largest absolute Gasteiger partial charge is 0.497 e. The van der Waals surface area contributed by atoms with Crippen molar-refractivity contribution in [1.29, 1.82) is 0 Å². The second kappa shape index (κ2) is 6.50. The van der Waals surface area contributed by atoms with Crippen LogP contribution in [0.15, 0.2) is 29.2 Å². The molecule has 0 radical (unpaired) electrons. The number of nitrogens with one attached hydrogen (secondary N) is 1. The summed E-state index contributed by atoms with van der Waals surface area (Å²) in [5.74, 6) is 0.622. The highest BCUT2D eigenvalue weighted by Gasteiger charge is 2.14. The van der Waals surface area contributed by atoms with E-state index in [-0.39, 0.29) is 11.4 Å². The molecule has 0 bridgehead atoms. The number of rotatable bonds is 6. The van der Waals surface area contributed by atoms with Gasteiger partial charge >= 0.3 is 0 Å². The van der Waals surface area contributed by atoms with Crippen LogP contribution in [-0.4, -0.2) is 31.9 Å². The lowest BCUT2D eigenvalue weighted by atomic mass is 10.2. The monoisotopic (exact) mass is 323 g/mol. The fourth-order valence-electron chi connectivity index (χ4n) is 2.13. The molecular weight excluding hydrogens is 302 g/mol. The number of sulfonamides is 1. The highest BCUT2D eigenvalue weighted by atomic mass is 32.2. The van der Waals surface area contributed by atoms with E-state index in [0.29, 0.717) is 12.3 Å². The predicted octanol–water partition coefficient (Wildman–Crippen LogP) is 1.80. The van der Waals surface area contributed by atoms with E-state index in [9.17, 15) is 8.42 Å². The van der Waals surface area contributed by atoms with Crippen LogP contribution in [0.3, 0.4) is 0 Å². The Kier molecular flexibility index (Phi) is 4.87. The first-order chi connectivity index (χ1) is 10.3. The summed E-state index contributed by atoms with van der Waals surface area (Å²) in [4.78, 5) is 0.220. The van der Waals surface area contributed by atoms with Gasteiger partial charge in [0, 0.05) is 12.2 Å². The Hall–Kier alpha value is -1.86. The minimum atomic E-state index is -3.52. The third-order valence-corrected chi connectivity index (χ3v) is 5.21. The quantitative estimate of drug-likeness (QED) is 0.880. The summed E-state index contributed by atoms with van der Waals surface area (Å²) < 4.78 is 33.8. The van der Waals surface area contributed by atoms with Gasteiger partial charge in [-0.1, -0.05) is 0 Å². The molecule has 0 amide bonds. The molecule has 1 heterocycles. The standard InChI is InChI=1S/C15H21N3O3S/c1-11-12(2)17-18(13(11)3)10-9-16-22(19,20)15-7-5-14(21-4)6-8-15/h5-8,16H,9-10H2,1-4H3. The van der Waals surface area contributed by atoms with E-state index < -0.39 is 10.0 Å². The molecule has 1 aromatic heterocycles. The predicted molar refractivity (Wildman–Crippen MR) is 84.6 cm³/mol. The maximum atomic E-state index is 12.2. The summed E-state index contributed by atoms with van der Waals surface area (Å²) in [6, 6.07) is 6.29. The van der Waals surface area contributed by atoms with Gasteiger partial charge in [0.25, 0.3) is 0 Å². The van der Waals surface area contributed by atoms with Crippen molar-refractivity contribution in [2.45, 2.75) is 32.2 Å². The molecule has 0 aliphatic heterocycles. The van der Waals surface area contributed by atoms with Crippen LogP contribution in [0.5, 0.6) is 5.75 Å². The zero-order chi connectivity index (χ0) is 16.3. The van der Waals surface area contributed by atoms with Crippen molar-refractivity contribution < 1.29 is 13.2 Å². The molecule has 0 unspecified atom stereocenters. The van der Waals surface area contributed by atoms with Crippen molar-refractivity contribution in [3.63, 3.8) is 0 Å². The van der Waals surface area contributed by atoms with Crippen LogP contribution in [0.2, 0.25) is 0 Å². The Morgan fingerprint density at radius 1 is 1.18 bits per heavy atom. The third kappa shape index (κ3) is 3.48. The molecule has 0 saturated carbocycles. The van der Waals surface area contributed by atoms with Gasteiger partial charge in [-0.15, -0.1) is 0 Å². The molecule has 22 heavy (non-hydrogen) atoms. The first-order valence-electron chi connectivity index (χ1n) is 6.99. The van der Waals surface area contributed by atoms with Crippen LogP contribution in [0.4, 0.5) is 0 Å². The summed E-state index contributed by atoms with van der Waals surface area (Å²) in [5, 5.41) is 4.39. The van der Waals surface area contributed by atoms with Crippen LogP contribution >= 0.6 is 0 Å². The highest BCUT2D eigenvalue weighted by molar-refractivity contribution is 7.89. The van der Waals surface area contributed by atoms with E-state index in [1.165, 1.54) is 19.2 Å². The number of benzene rings is 1. The van der Waals surface area contributed by atoms with E-state index >= 15 is 0 Å². The van der Waals surface area contributed by atoms with Crippen molar-refractivity contribution >= 4 is 10.0 Å². The zero-order valence-corrected chi connectivity index (χ0v) is 14.1. The smallest absolute Gasteiger partial charge is 0.240 e. The summed E-state index contributed by atoms with van der Waals surface area (Å²) in [6.45, 7) is 6.72. The molecule has 1 N–H and O–H groups in total. The molecule has 0 spiro atoms. The van der Waals surface area contributed by atoms with E-state index in [0.717, 1.165) is 17.0 Å². The first-order valence-corrected chi connectivity index (χ1v) is 8.48. The SMILES string of the molecule is COc1ccc(S(=O)(=O)NCCn2nc(C)c(C)c2C)cc1. The maximum absolute atomic E-state index is 12.2. The topological polar surface area (TPSA) is 73.2 Å². The summed E-state index contributed by atoms with van der Waals surface area (Å²) in [6.07, 6.45) is 0. The molecule has 7 heteroatoms. The van der Waals surface area contributed by atoms with Gasteiger partial charge < -0.3 is 4.74 Å². The van der Waals surface area contributed by atoms with E-state index in [4.69, 9.17) is 4.74 Å². The third-order valence-electron chi connectivity index (χ3n) is 3.73. The molecule has 120 valence electrons. The molecule has 0 atom stereocenters. The van der Waals surface area contributed by atoms with Gasteiger partial charge in [0.2, 0.25) is 10.0 Å². The second-order valence-electron chi connectivity index (χ2n) is 5.09. The average molecular weight is 323 g/mol. The lowest BCUT2D eigenvalue weighted by Gasteiger charge is -2.09. The lowest BCUT2D eigenvalue weighted by Crippen LogP contribution is -2.28. The number of hydrogen-bond acceptors (Lipinski definition) is 4. The molecule has 1 aromatic carbocycles. The van der Waals surface area contributed by atoms with Gasteiger partial charge in [-0.05, 0) is 50.6 Å².